The minimum atomic E-state index is -0.560. The molecule has 0 atom stereocenters. The van der Waals surface area contributed by atoms with Crippen LogP contribution in [0.15, 0.2) is 36.5 Å². The van der Waals surface area contributed by atoms with Crippen LogP contribution in [0.4, 0.5) is 5.69 Å². The Kier molecular flexibility index (Phi) is 3.99. The lowest BCUT2D eigenvalue weighted by Crippen LogP contribution is -2.23. The summed E-state index contributed by atoms with van der Waals surface area (Å²) in [6.45, 7) is 0.308. The van der Waals surface area contributed by atoms with Crippen molar-refractivity contribution in [2.24, 2.45) is 0 Å². The number of carbonyl (C=O) groups excluding carboxylic acids is 1. The minimum absolute atomic E-state index is 0.142. The smallest absolute Gasteiger partial charge is 0.287 e. The summed E-state index contributed by atoms with van der Waals surface area (Å²) in [5, 5.41) is 13.2. The van der Waals surface area contributed by atoms with Gasteiger partial charge in [-0.2, -0.15) is 0 Å². The highest BCUT2D eigenvalue weighted by Crippen LogP contribution is 2.14. The maximum atomic E-state index is 11.8. The van der Waals surface area contributed by atoms with E-state index in [0.29, 0.717) is 12.3 Å². The Hall–Kier alpha value is -2.83. The number of aromatic amines is 1. The number of amides is 1. The topological polar surface area (TPSA) is 97.3 Å². The van der Waals surface area contributed by atoms with E-state index in [9.17, 15) is 14.9 Å². The monoisotopic (exact) mass is 275 g/mol. The van der Waals surface area contributed by atoms with Crippen LogP contribution in [0.3, 0.4) is 0 Å². The Morgan fingerprint density at radius 1 is 1.45 bits per heavy atom. The van der Waals surface area contributed by atoms with E-state index in [2.05, 4.69) is 10.3 Å². The Morgan fingerprint density at radius 3 is 2.90 bits per heavy atom. The zero-order valence-electron chi connectivity index (χ0n) is 10.8. The lowest BCUT2D eigenvalue weighted by Gasteiger charge is -2.05. The summed E-state index contributed by atoms with van der Waals surface area (Å²) in [4.78, 5) is 24.3. The molecular formula is C13H13N3O4. The molecule has 2 aromatic rings. The number of nitro groups is 1. The molecule has 0 aliphatic carbocycles. The van der Waals surface area contributed by atoms with Crippen molar-refractivity contribution in [1.29, 1.82) is 0 Å². The normalized spacial score (nSPS) is 10.1. The quantitative estimate of drug-likeness (QED) is 0.642. The third-order valence-electron chi connectivity index (χ3n) is 2.71. The number of benzene rings is 1. The van der Waals surface area contributed by atoms with Crippen LogP contribution in [-0.4, -0.2) is 22.9 Å². The zero-order valence-corrected chi connectivity index (χ0v) is 10.8. The highest BCUT2D eigenvalue weighted by atomic mass is 16.6. The number of ether oxygens (including phenoxy) is 1. The average molecular weight is 275 g/mol. The average Bonchev–Trinajstić information content (AvgIpc) is 2.95. The molecule has 0 fully saturated rings. The molecule has 2 N–H and O–H groups in total. The Morgan fingerprint density at radius 2 is 2.25 bits per heavy atom. The van der Waals surface area contributed by atoms with Crippen LogP contribution in [-0.2, 0) is 6.54 Å². The second-order valence-electron chi connectivity index (χ2n) is 4.06. The van der Waals surface area contributed by atoms with Gasteiger partial charge >= 0.3 is 0 Å². The van der Waals surface area contributed by atoms with Gasteiger partial charge in [-0.1, -0.05) is 12.1 Å². The van der Waals surface area contributed by atoms with Gasteiger partial charge in [0.15, 0.2) is 0 Å². The first-order valence-corrected chi connectivity index (χ1v) is 5.84. The summed E-state index contributed by atoms with van der Waals surface area (Å²) >= 11 is 0. The van der Waals surface area contributed by atoms with Crippen molar-refractivity contribution in [2.45, 2.75) is 6.54 Å². The summed E-state index contributed by atoms with van der Waals surface area (Å²) in [6.07, 6.45) is 1.18. The van der Waals surface area contributed by atoms with Crippen molar-refractivity contribution in [3.05, 3.63) is 57.9 Å². The number of hydrogen-bond donors (Lipinski definition) is 2. The molecule has 20 heavy (non-hydrogen) atoms. The van der Waals surface area contributed by atoms with E-state index in [4.69, 9.17) is 4.74 Å². The van der Waals surface area contributed by atoms with Gasteiger partial charge in [0.05, 0.1) is 18.2 Å². The van der Waals surface area contributed by atoms with E-state index in [1.54, 1.807) is 19.2 Å². The molecule has 0 unspecified atom stereocenters. The molecule has 0 aliphatic heterocycles. The predicted octanol–water partition coefficient (Wildman–Crippen LogP) is 1.86. The first-order valence-electron chi connectivity index (χ1n) is 5.84. The lowest BCUT2D eigenvalue weighted by molar-refractivity contribution is -0.384. The van der Waals surface area contributed by atoms with Gasteiger partial charge in [-0.3, -0.25) is 14.9 Å². The second-order valence-corrected chi connectivity index (χ2v) is 4.06. The molecule has 7 nitrogen and oxygen atoms in total. The summed E-state index contributed by atoms with van der Waals surface area (Å²) in [7, 11) is 1.57. The molecule has 1 aromatic carbocycles. The molecule has 1 aromatic heterocycles. The first kappa shape index (κ1) is 13.6. The first-order chi connectivity index (χ1) is 9.60. The van der Waals surface area contributed by atoms with Crippen LogP contribution in [0.5, 0.6) is 5.75 Å². The maximum absolute atomic E-state index is 11.8. The Balaban J connectivity index is 1.98. The van der Waals surface area contributed by atoms with Crippen molar-refractivity contribution < 1.29 is 14.5 Å². The number of nitrogens with zero attached hydrogens (tertiary/aromatic N) is 1. The molecule has 0 bridgehead atoms. The van der Waals surface area contributed by atoms with Gasteiger partial charge in [0.1, 0.15) is 11.4 Å². The minimum Gasteiger partial charge on any atom is -0.497 e. The summed E-state index contributed by atoms with van der Waals surface area (Å²) < 4.78 is 5.08. The number of carbonyl (C=O) groups is 1. The highest BCUT2D eigenvalue weighted by molar-refractivity contribution is 5.93. The standard InChI is InChI=1S/C13H13N3O4/c1-20-11-4-2-3-9(5-11)7-15-13(17)12-6-10(8-14-12)16(18)19/h2-6,8,14H,7H2,1H3,(H,15,17). The van der Waals surface area contributed by atoms with Crippen molar-refractivity contribution in [3.8, 4) is 5.75 Å². The van der Waals surface area contributed by atoms with Crippen molar-refractivity contribution in [1.82, 2.24) is 10.3 Å². The number of hydrogen-bond acceptors (Lipinski definition) is 4. The van der Waals surface area contributed by atoms with E-state index in [1.165, 1.54) is 12.3 Å². The van der Waals surface area contributed by atoms with Gasteiger partial charge in [0.2, 0.25) is 0 Å². The fraction of sp³-hybridized carbons (Fsp3) is 0.154. The SMILES string of the molecule is COc1cccc(CNC(=O)c2cc([N+](=O)[O-])c[nH]2)c1. The fourth-order valence-electron chi connectivity index (χ4n) is 1.68. The highest BCUT2D eigenvalue weighted by Gasteiger charge is 2.13. The molecule has 104 valence electrons. The van der Waals surface area contributed by atoms with Crippen LogP contribution in [0.25, 0.3) is 0 Å². The van der Waals surface area contributed by atoms with Gasteiger partial charge < -0.3 is 15.0 Å². The summed E-state index contributed by atoms with van der Waals surface area (Å²) in [5.41, 5.74) is 0.884. The van der Waals surface area contributed by atoms with E-state index in [1.807, 2.05) is 12.1 Å². The van der Waals surface area contributed by atoms with Crippen molar-refractivity contribution >= 4 is 11.6 Å². The third kappa shape index (κ3) is 3.14. The number of H-pyrrole nitrogens is 1. The van der Waals surface area contributed by atoms with Gasteiger partial charge in [-0.25, -0.2) is 0 Å². The van der Waals surface area contributed by atoms with Crippen LogP contribution in [0.2, 0.25) is 0 Å². The fourth-order valence-corrected chi connectivity index (χ4v) is 1.68. The van der Waals surface area contributed by atoms with Gasteiger partial charge in [-0.05, 0) is 17.7 Å². The molecular weight excluding hydrogens is 262 g/mol. The molecule has 1 amide bonds. The second kappa shape index (κ2) is 5.87. The zero-order chi connectivity index (χ0) is 14.5. The summed E-state index contributed by atoms with van der Waals surface area (Å²) in [6, 6.07) is 8.47. The molecule has 0 saturated carbocycles. The molecule has 0 aliphatic rings. The summed E-state index contributed by atoms with van der Waals surface area (Å²) in [5.74, 6) is 0.299. The van der Waals surface area contributed by atoms with Gasteiger partial charge in [0.25, 0.3) is 11.6 Å². The maximum Gasteiger partial charge on any atom is 0.287 e. The van der Waals surface area contributed by atoms with Crippen LogP contribution in [0.1, 0.15) is 16.1 Å². The number of nitrogens with one attached hydrogen (secondary N) is 2. The van der Waals surface area contributed by atoms with Gasteiger partial charge in [-0.15, -0.1) is 0 Å². The molecule has 2 rings (SSSR count). The molecule has 0 spiro atoms. The Bertz CT molecular complexity index is 636. The number of rotatable bonds is 5. The van der Waals surface area contributed by atoms with E-state index in [0.717, 1.165) is 5.56 Å². The molecule has 0 saturated heterocycles. The van der Waals surface area contributed by atoms with Gasteiger partial charge in [0, 0.05) is 12.6 Å². The van der Waals surface area contributed by atoms with Crippen LogP contribution < -0.4 is 10.1 Å². The third-order valence-corrected chi connectivity index (χ3v) is 2.71. The van der Waals surface area contributed by atoms with Crippen LogP contribution >= 0.6 is 0 Å². The number of aromatic nitrogens is 1. The number of methoxy groups -OCH3 is 1. The van der Waals surface area contributed by atoms with E-state index < -0.39 is 10.8 Å². The Labute approximate surface area is 114 Å². The van der Waals surface area contributed by atoms with E-state index >= 15 is 0 Å². The lowest BCUT2D eigenvalue weighted by atomic mass is 10.2. The predicted molar refractivity (Wildman–Crippen MR) is 71.6 cm³/mol. The van der Waals surface area contributed by atoms with Crippen molar-refractivity contribution in [2.75, 3.05) is 7.11 Å². The van der Waals surface area contributed by atoms with Crippen LogP contribution in [0, 0.1) is 10.1 Å². The molecule has 0 radical (unpaired) electrons. The largest absolute Gasteiger partial charge is 0.497 e. The molecule has 7 heteroatoms. The van der Waals surface area contributed by atoms with E-state index in [-0.39, 0.29) is 11.4 Å². The van der Waals surface area contributed by atoms with Crippen molar-refractivity contribution in [3.63, 3.8) is 0 Å². The molecule has 1 heterocycles.